The lowest BCUT2D eigenvalue weighted by Crippen LogP contribution is -2.30. The molecule has 1 atom stereocenters. The van der Waals surface area contributed by atoms with Gasteiger partial charge in [0.05, 0.1) is 18.8 Å². The lowest BCUT2D eigenvalue weighted by molar-refractivity contribution is -0.340. The van der Waals surface area contributed by atoms with Crippen LogP contribution in [0, 0.1) is 29.6 Å². The van der Waals surface area contributed by atoms with Crippen molar-refractivity contribution in [1.29, 1.82) is 0 Å². The quantitative estimate of drug-likeness (QED) is 0.0348. The Labute approximate surface area is 483 Å². The minimum absolute atomic E-state index is 0. The second kappa shape index (κ2) is 29.2. The Balaban J connectivity index is 0.000000246. The number of esters is 1. The molecule has 0 amide bonds. The van der Waals surface area contributed by atoms with Gasteiger partial charge in [0.1, 0.15) is 24.7 Å². The van der Waals surface area contributed by atoms with E-state index in [1.54, 1.807) is 0 Å². The van der Waals surface area contributed by atoms with E-state index >= 15 is 0 Å². The van der Waals surface area contributed by atoms with E-state index in [0.717, 1.165) is 64.7 Å². The Morgan fingerprint density at radius 1 is 0.525 bits per heavy atom. The summed E-state index contributed by atoms with van der Waals surface area (Å²) in [6.07, 6.45) is 26.1. The van der Waals surface area contributed by atoms with Crippen molar-refractivity contribution in [1.82, 2.24) is 0 Å². The zero-order chi connectivity index (χ0) is 54.9. The molecule has 3 fully saturated rings. The lowest BCUT2D eigenvalue weighted by atomic mass is 9.77. The minimum Gasteiger partial charge on any atom is -0.492 e. The molecule has 0 aromatic heterocycles. The van der Waals surface area contributed by atoms with Gasteiger partial charge in [-0.15, -0.1) is 0 Å². The van der Waals surface area contributed by atoms with Crippen molar-refractivity contribution in [2.75, 3.05) is 19.8 Å². The van der Waals surface area contributed by atoms with Gasteiger partial charge in [0, 0.05) is 21.3 Å². The van der Waals surface area contributed by atoms with Crippen molar-refractivity contribution in [2.24, 2.45) is 29.6 Å². The molecule has 428 valence electrons. The van der Waals surface area contributed by atoms with Crippen LogP contribution in [0.3, 0.4) is 0 Å². The topological polar surface area (TPSA) is 63.2 Å². The fraction of sp³-hybridized carbons (Fsp3) is 0.473. The van der Waals surface area contributed by atoms with Gasteiger partial charge in [-0.3, -0.25) is 0 Å². The molecular formula is C74H96O6. The van der Waals surface area contributed by atoms with Crippen LogP contribution in [0.1, 0.15) is 204 Å². The van der Waals surface area contributed by atoms with Crippen molar-refractivity contribution in [3.63, 3.8) is 0 Å². The Kier molecular flexibility index (Phi) is 20.9. The highest BCUT2D eigenvalue weighted by molar-refractivity contribution is 6.09. The molecule has 0 saturated heterocycles. The predicted molar refractivity (Wildman–Crippen MR) is 335 cm³/mol. The van der Waals surface area contributed by atoms with E-state index in [0.29, 0.717) is 35.8 Å². The highest BCUT2D eigenvalue weighted by atomic mass is 17.2. The second-order valence-corrected chi connectivity index (χ2v) is 24.4. The molecule has 4 aliphatic rings. The van der Waals surface area contributed by atoms with Crippen LogP contribution in [0.5, 0.6) is 11.5 Å². The summed E-state index contributed by atoms with van der Waals surface area (Å²) < 4.78 is 19.0. The third-order valence-corrected chi connectivity index (χ3v) is 18.8. The molecule has 1 aliphatic heterocycles. The van der Waals surface area contributed by atoms with Gasteiger partial charge in [-0.25, -0.2) is 14.6 Å². The molecule has 3 aliphatic carbocycles. The van der Waals surface area contributed by atoms with Crippen molar-refractivity contribution in [2.45, 2.75) is 174 Å². The Morgan fingerprint density at radius 2 is 1.02 bits per heavy atom. The fourth-order valence-electron chi connectivity index (χ4n) is 13.7. The summed E-state index contributed by atoms with van der Waals surface area (Å²) in [7, 11) is 0. The van der Waals surface area contributed by atoms with Gasteiger partial charge in [-0.05, 0) is 168 Å². The molecule has 0 spiro atoms. The van der Waals surface area contributed by atoms with Crippen LogP contribution in [0.4, 0.5) is 0 Å². The van der Waals surface area contributed by atoms with Crippen LogP contribution in [0.2, 0.25) is 0 Å². The summed E-state index contributed by atoms with van der Waals surface area (Å²) in [4.78, 5) is 24.7. The monoisotopic (exact) mass is 1080 g/mol. The van der Waals surface area contributed by atoms with Crippen LogP contribution in [-0.4, -0.2) is 25.8 Å². The third-order valence-electron chi connectivity index (χ3n) is 18.8. The number of hydrogen-bond acceptors (Lipinski definition) is 6. The van der Waals surface area contributed by atoms with Gasteiger partial charge >= 0.3 is 5.97 Å². The molecule has 0 radical (unpaired) electrons. The molecule has 80 heavy (non-hydrogen) atoms. The van der Waals surface area contributed by atoms with E-state index < -0.39 is 6.10 Å². The van der Waals surface area contributed by atoms with Crippen LogP contribution in [0.15, 0.2) is 152 Å². The zero-order valence-electron chi connectivity index (χ0n) is 48.5. The molecule has 1 heterocycles. The summed E-state index contributed by atoms with van der Waals surface area (Å²) in [5.41, 5.74) is 7.66. The maximum absolute atomic E-state index is 13.1. The van der Waals surface area contributed by atoms with Gasteiger partial charge < -0.3 is 14.2 Å². The fourth-order valence-corrected chi connectivity index (χ4v) is 13.7. The Morgan fingerprint density at radius 3 is 1.55 bits per heavy atom. The number of rotatable bonds is 19. The Bertz CT molecular complexity index is 2910. The summed E-state index contributed by atoms with van der Waals surface area (Å²) in [6, 6.07) is 52.7. The van der Waals surface area contributed by atoms with E-state index in [1.165, 1.54) is 161 Å². The standard InChI is InChI=1S/C44H60O4.C30H30O2.3H2/c1-3-5-8-12-34-16-22-37(23-17-34)39-26-20-36(21-27-39)32-47-48-43(41-14-10-7-11-15-41)33-46-44(45)42-30-28-40(29-31-42)38-24-18-35(19-25-38)13-9-6-4-2;1-20-10-12-21(13-11-20)24-18-31-27-16-14-22-6-2-4-8-25(22)29(27)30-26-9-5-3-7-23(26)15-17-28(30)32-19-24;;;/h7,10-11,14-15,20-21,26-31,34-35,37-38,43H,3-6,8-9,12-13,16-19,22-25,32-33H2,1-2H3;2-9,14-17,20-21,24H,10-13,18-19H2,1H3;3*1H. The van der Waals surface area contributed by atoms with Gasteiger partial charge in [0.2, 0.25) is 0 Å². The predicted octanol–water partition coefficient (Wildman–Crippen LogP) is 21.1. The molecule has 3 saturated carbocycles. The first-order chi connectivity index (χ1) is 39.4. The minimum atomic E-state index is -0.520. The smallest absolute Gasteiger partial charge is 0.338 e. The van der Waals surface area contributed by atoms with E-state index in [1.807, 2.05) is 42.5 Å². The van der Waals surface area contributed by atoms with Crippen molar-refractivity contribution in [3.8, 4) is 22.6 Å². The number of ether oxygens (including phenoxy) is 3. The maximum atomic E-state index is 13.1. The highest BCUT2D eigenvalue weighted by Gasteiger charge is 2.31. The Hall–Kier alpha value is -5.95. The normalized spacial score (nSPS) is 21.7. The lowest BCUT2D eigenvalue weighted by Gasteiger charge is -2.32. The van der Waals surface area contributed by atoms with Crippen LogP contribution in [-0.2, 0) is 21.1 Å². The van der Waals surface area contributed by atoms with Crippen LogP contribution in [0.25, 0.3) is 32.7 Å². The number of carbonyl (C=O) groups excluding carboxylic acids is 1. The largest absolute Gasteiger partial charge is 0.492 e. The molecular weight excluding hydrogens is 985 g/mol. The summed E-state index contributed by atoms with van der Waals surface area (Å²) in [6.45, 7) is 8.80. The van der Waals surface area contributed by atoms with Crippen LogP contribution < -0.4 is 9.47 Å². The molecule has 6 heteroatoms. The van der Waals surface area contributed by atoms with Gasteiger partial charge in [-0.2, -0.15) is 0 Å². The number of hydrogen-bond donors (Lipinski definition) is 0. The number of carbonyl (C=O) groups is 1. The SMILES string of the molecule is CC1CCC(C2COc3ccc4ccccc4c3-c3c(ccc4ccccc34)OC2)CC1.CCCCCC1CCC(c2ccc(COOC(COC(=O)c3ccc(C4CCC(CCCCC)CC4)cc3)c3ccccc3)cc2)CC1.[HH].[HH].[HH]. The molecule has 11 rings (SSSR count). The number of benzene rings is 7. The molecule has 0 N–H and O–H groups in total. The molecule has 6 nitrogen and oxygen atoms in total. The third kappa shape index (κ3) is 15.1. The number of unbranched alkanes of at least 4 members (excludes halogenated alkanes) is 4. The van der Waals surface area contributed by atoms with Crippen LogP contribution >= 0.6 is 0 Å². The summed E-state index contributed by atoms with van der Waals surface area (Å²) in [5.74, 6) is 6.65. The van der Waals surface area contributed by atoms with Gasteiger partial charge in [-0.1, -0.05) is 212 Å². The molecule has 1 unspecified atom stereocenters. The van der Waals surface area contributed by atoms with Gasteiger partial charge in [0.15, 0.2) is 6.10 Å². The average molecular weight is 1080 g/mol. The van der Waals surface area contributed by atoms with Crippen molar-refractivity contribution in [3.05, 3.63) is 179 Å². The summed E-state index contributed by atoms with van der Waals surface area (Å²) >= 11 is 0. The van der Waals surface area contributed by atoms with E-state index in [-0.39, 0.29) is 16.9 Å². The first-order valence-electron chi connectivity index (χ1n) is 31.4. The number of fused-ring (bicyclic) bond motifs is 7. The second-order valence-electron chi connectivity index (χ2n) is 24.4. The molecule has 7 aromatic rings. The average Bonchev–Trinajstić information content (AvgIpc) is 3.82. The van der Waals surface area contributed by atoms with Crippen molar-refractivity contribution >= 4 is 27.5 Å². The molecule has 0 bridgehead atoms. The summed E-state index contributed by atoms with van der Waals surface area (Å²) in [5, 5.41) is 4.89. The van der Waals surface area contributed by atoms with E-state index in [2.05, 4.69) is 130 Å². The highest BCUT2D eigenvalue weighted by Crippen LogP contribution is 2.47. The van der Waals surface area contributed by atoms with E-state index in [4.69, 9.17) is 24.0 Å². The first-order valence-corrected chi connectivity index (χ1v) is 31.4. The van der Waals surface area contributed by atoms with Gasteiger partial charge in [0.25, 0.3) is 0 Å². The first kappa shape index (κ1) is 57.3. The zero-order valence-corrected chi connectivity index (χ0v) is 48.5. The maximum Gasteiger partial charge on any atom is 0.338 e. The van der Waals surface area contributed by atoms with E-state index in [9.17, 15) is 4.79 Å². The van der Waals surface area contributed by atoms with Crippen molar-refractivity contribution < 1.29 is 33.1 Å². The molecule has 7 aromatic carbocycles.